The van der Waals surface area contributed by atoms with Crippen molar-refractivity contribution in [3.8, 4) is 0 Å². The molecule has 0 aromatic rings. The standard InChI is InChI=1S/C13H16N2O2/c16-8-14-5-3-12-10-1-2-11(7-10)13(12)4-6-15-9-17/h10-11H,1-7H2. The fraction of sp³-hybridized carbons (Fsp3) is 0.692. The lowest BCUT2D eigenvalue weighted by Crippen LogP contribution is -2.06. The zero-order valence-corrected chi connectivity index (χ0v) is 9.82. The Kier molecular flexibility index (Phi) is 4.03. The van der Waals surface area contributed by atoms with Crippen molar-refractivity contribution in [1.29, 1.82) is 0 Å². The first-order chi connectivity index (χ1) is 8.36. The molecule has 2 aliphatic rings. The van der Waals surface area contributed by atoms with Crippen molar-refractivity contribution in [2.75, 3.05) is 13.1 Å². The van der Waals surface area contributed by atoms with E-state index < -0.39 is 0 Å². The van der Waals surface area contributed by atoms with E-state index in [9.17, 15) is 9.59 Å². The van der Waals surface area contributed by atoms with Crippen molar-refractivity contribution < 1.29 is 9.59 Å². The number of isocyanates is 2. The molecule has 0 radical (unpaired) electrons. The van der Waals surface area contributed by atoms with Crippen LogP contribution in [0.2, 0.25) is 0 Å². The van der Waals surface area contributed by atoms with Crippen LogP contribution in [-0.2, 0) is 9.59 Å². The summed E-state index contributed by atoms with van der Waals surface area (Å²) in [5.41, 5.74) is 2.95. The molecule has 0 amide bonds. The molecule has 0 N–H and O–H groups in total. The van der Waals surface area contributed by atoms with Crippen LogP contribution < -0.4 is 0 Å². The van der Waals surface area contributed by atoms with Gasteiger partial charge in [-0.1, -0.05) is 11.1 Å². The van der Waals surface area contributed by atoms with Crippen molar-refractivity contribution in [2.45, 2.75) is 32.1 Å². The van der Waals surface area contributed by atoms with Gasteiger partial charge in [-0.3, -0.25) is 0 Å². The van der Waals surface area contributed by atoms with Crippen LogP contribution in [0.4, 0.5) is 0 Å². The van der Waals surface area contributed by atoms with Gasteiger partial charge in [0.1, 0.15) is 0 Å². The van der Waals surface area contributed by atoms with Crippen LogP contribution in [-0.4, -0.2) is 25.2 Å². The third kappa shape index (κ3) is 2.60. The van der Waals surface area contributed by atoms with Gasteiger partial charge in [0.25, 0.3) is 0 Å². The molecule has 2 rings (SSSR count). The first-order valence-electron chi connectivity index (χ1n) is 6.16. The van der Waals surface area contributed by atoms with Crippen LogP contribution in [0.25, 0.3) is 0 Å². The highest BCUT2D eigenvalue weighted by Crippen LogP contribution is 2.50. The summed E-state index contributed by atoms with van der Waals surface area (Å²) in [7, 11) is 0. The molecular weight excluding hydrogens is 216 g/mol. The topological polar surface area (TPSA) is 58.9 Å². The minimum absolute atomic E-state index is 0.544. The first-order valence-corrected chi connectivity index (χ1v) is 6.16. The Hall–Kier alpha value is -1.50. The van der Waals surface area contributed by atoms with Gasteiger partial charge in [0.2, 0.25) is 12.2 Å². The van der Waals surface area contributed by atoms with E-state index in [1.54, 1.807) is 12.2 Å². The van der Waals surface area contributed by atoms with Gasteiger partial charge in [-0.2, -0.15) is 0 Å². The Balaban J connectivity index is 2.04. The Labute approximate surface area is 101 Å². The summed E-state index contributed by atoms with van der Waals surface area (Å²) in [4.78, 5) is 27.4. The molecule has 90 valence electrons. The maximum atomic E-state index is 10.1. The lowest BCUT2D eigenvalue weighted by atomic mass is 9.88. The van der Waals surface area contributed by atoms with E-state index in [4.69, 9.17) is 0 Å². The highest BCUT2D eigenvalue weighted by Gasteiger charge is 2.37. The number of carbonyl (C=O) groups excluding carboxylic acids is 2. The van der Waals surface area contributed by atoms with E-state index in [0.717, 1.165) is 12.8 Å². The van der Waals surface area contributed by atoms with Gasteiger partial charge in [-0.15, -0.1) is 0 Å². The molecule has 0 spiro atoms. The normalized spacial score (nSPS) is 25.6. The second-order valence-corrected chi connectivity index (χ2v) is 4.70. The molecule has 0 aliphatic heterocycles. The Morgan fingerprint density at radius 3 is 1.82 bits per heavy atom. The predicted octanol–water partition coefficient (Wildman–Crippen LogP) is 2.16. The van der Waals surface area contributed by atoms with E-state index in [-0.39, 0.29) is 0 Å². The number of nitrogens with zero attached hydrogens (tertiary/aromatic N) is 2. The SMILES string of the molecule is O=C=NCCC1=C(CCN=C=O)C2CCC1C2. The maximum absolute atomic E-state index is 10.1. The minimum atomic E-state index is 0.544. The number of fused-ring (bicyclic) bond motifs is 2. The van der Waals surface area contributed by atoms with Crippen LogP contribution >= 0.6 is 0 Å². The molecule has 1 fully saturated rings. The largest absolute Gasteiger partial charge is 0.234 e. The van der Waals surface area contributed by atoms with E-state index in [1.165, 1.54) is 30.4 Å². The van der Waals surface area contributed by atoms with Crippen LogP contribution in [0.15, 0.2) is 21.1 Å². The van der Waals surface area contributed by atoms with Crippen LogP contribution in [0.3, 0.4) is 0 Å². The molecule has 2 aliphatic carbocycles. The third-order valence-corrected chi connectivity index (χ3v) is 3.95. The molecule has 2 bridgehead atoms. The van der Waals surface area contributed by atoms with Gasteiger partial charge in [-0.05, 0) is 43.9 Å². The summed E-state index contributed by atoms with van der Waals surface area (Å²) < 4.78 is 0. The average Bonchev–Trinajstić information content (AvgIpc) is 2.92. The molecule has 0 aromatic carbocycles. The molecule has 1 saturated carbocycles. The third-order valence-electron chi connectivity index (χ3n) is 3.95. The Bertz CT molecular complexity index is 377. The average molecular weight is 232 g/mol. The number of rotatable bonds is 6. The lowest BCUT2D eigenvalue weighted by molar-refractivity contribution is 0.559. The van der Waals surface area contributed by atoms with Gasteiger partial charge < -0.3 is 0 Å². The van der Waals surface area contributed by atoms with Crippen LogP contribution in [0.5, 0.6) is 0 Å². The van der Waals surface area contributed by atoms with Gasteiger partial charge in [0.15, 0.2) is 0 Å². The molecule has 2 unspecified atom stereocenters. The molecule has 4 heteroatoms. The van der Waals surface area contributed by atoms with Crippen molar-refractivity contribution in [1.82, 2.24) is 0 Å². The van der Waals surface area contributed by atoms with E-state index in [0.29, 0.717) is 24.9 Å². The number of aliphatic imine (C=N–C) groups is 2. The predicted molar refractivity (Wildman–Crippen MR) is 63.1 cm³/mol. The van der Waals surface area contributed by atoms with E-state index in [1.807, 2.05) is 0 Å². The van der Waals surface area contributed by atoms with Gasteiger partial charge in [0.05, 0.1) is 13.1 Å². The lowest BCUT2D eigenvalue weighted by Gasteiger charge is -2.18. The molecule has 0 saturated heterocycles. The number of hydrogen-bond acceptors (Lipinski definition) is 4. The Morgan fingerprint density at radius 1 is 0.941 bits per heavy atom. The molecule has 2 atom stereocenters. The summed E-state index contributed by atoms with van der Waals surface area (Å²) in [6.45, 7) is 1.09. The van der Waals surface area contributed by atoms with Gasteiger partial charge >= 0.3 is 0 Å². The van der Waals surface area contributed by atoms with Gasteiger partial charge in [-0.25, -0.2) is 19.6 Å². The quantitative estimate of drug-likeness (QED) is 0.400. The number of hydrogen-bond donors (Lipinski definition) is 0. The second-order valence-electron chi connectivity index (χ2n) is 4.70. The second kappa shape index (κ2) is 5.72. The zero-order valence-electron chi connectivity index (χ0n) is 9.82. The molecule has 0 heterocycles. The van der Waals surface area contributed by atoms with Crippen molar-refractivity contribution in [3.63, 3.8) is 0 Å². The van der Waals surface area contributed by atoms with Crippen molar-refractivity contribution >= 4 is 12.2 Å². The smallest absolute Gasteiger partial charge is 0.211 e. The molecule has 17 heavy (non-hydrogen) atoms. The van der Waals surface area contributed by atoms with Crippen molar-refractivity contribution in [2.24, 2.45) is 21.8 Å². The van der Waals surface area contributed by atoms with Crippen LogP contribution in [0.1, 0.15) is 32.1 Å². The highest BCUT2D eigenvalue weighted by molar-refractivity contribution is 5.35. The molecular formula is C13H16N2O2. The maximum Gasteiger partial charge on any atom is 0.234 e. The van der Waals surface area contributed by atoms with E-state index >= 15 is 0 Å². The van der Waals surface area contributed by atoms with Gasteiger partial charge in [0, 0.05) is 0 Å². The first kappa shape index (κ1) is 12.0. The monoisotopic (exact) mass is 232 g/mol. The Morgan fingerprint density at radius 2 is 1.41 bits per heavy atom. The van der Waals surface area contributed by atoms with Crippen molar-refractivity contribution in [3.05, 3.63) is 11.1 Å². The minimum Gasteiger partial charge on any atom is -0.211 e. The molecule has 4 nitrogen and oxygen atoms in total. The summed E-state index contributed by atoms with van der Waals surface area (Å²) >= 11 is 0. The fourth-order valence-electron chi connectivity index (χ4n) is 3.31. The zero-order chi connectivity index (χ0) is 12.1. The van der Waals surface area contributed by atoms with E-state index in [2.05, 4.69) is 9.98 Å². The highest BCUT2D eigenvalue weighted by atomic mass is 16.1. The fourth-order valence-corrected chi connectivity index (χ4v) is 3.31. The molecule has 0 aromatic heterocycles. The summed E-state index contributed by atoms with van der Waals surface area (Å²) in [5.74, 6) is 1.38. The summed E-state index contributed by atoms with van der Waals surface area (Å²) in [6, 6.07) is 0. The summed E-state index contributed by atoms with van der Waals surface area (Å²) in [5, 5.41) is 0. The summed E-state index contributed by atoms with van der Waals surface area (Å²) in [6.07, 6.45) is 8.70. The van der Waals surface area contributed by atoms with Crippen LogP contribution in [0, 0.1) is 11.8 Å².